The molecule has 0 aromatic rings. The molecule has 0 saturated heterocycles. The third-order valence-corrected chi connectivity index (χ3v) is 2.61. The molecule has 0 aliphatic carbocycles. The summed E-state index contributed by atoms with van der Waals surface area (Å²) in [6, 6.07) is 0. The van der Waals surface area contributed by atoms with E-state index in [2.05, 4.69) is 6.92 Å². The number of aliphatic hydroxyl groups excluding tert-OH is 1. The molecule has 0 heterocycles. The van der Waals surface area contributed by atoms with Gasteiger partial charge in [-0.05, 0) is 38.6 Å². The second-order valence-electron chi connectivity index (χ2n) is 4.63. The minimum atomic E-state index is -0.163. The summed E-state index contributed by atoms with van der Waals surface area (Å²) in [7, 11) is 1.70. The fourth-order valence-corrected chi connectivity index (χ4v) is 1.63. The fraction of sp³-hybridized carbons (Fsp3) is 1.00. The van der Waals surface area contributed by atoms with E-state index < -0.39 is 0 Å². The van der Waals surface area contributed by atoms with Crippen molar-refractivity contribution in [1.29, 1.82) is 0 Å². The van der Waals surface area contributed by atoms with E-state index in [4.69, 9.17) is 15.6 Å². The Balaban J connectivity index is 4.25. The highest BCUT2D eigenvalue weighted by Gasteiger charge is 2.30. The smallest absolute Gasteiger partial charge is 0.0628 e. The van der Waals surface area contributed by atoms with Gasteiger partial charge in [0.25, 0.3) is 0 Å². The van der Waals surface area contributed by atoms with Crippen molar-refractivity contribution < 1.29 is 9.84 Å². The molecule has 0 aromatic heterocycles. The van der Waals surface area contributed by atoms with Crippen LogP contribution in [-0.4, -0.2) is 31.0 Å². The Bertz CT molecular complexity index is 148. The first-order valence-electron chi connectivity index (χ1n) is 4.75. The quantitative estimate of drug-likeness (QED) is 0.659. The molecule has 0 bridgehead atoms. The van der Waals surface area contributed by atoms with Crippen LogP contribution in [0.4, 0.5) is 0 Å². The minimum absolute atomic E-state index is 0.0196. The molecule has 80 valence electrons. The predicted molar refractivity (Wildman–Crippen MR) is 54.6 cm³/mol. The number of methoxy groups -OCH3 is 1. The topological polar surface area (TPSA) is 55.5 Å². The van der Waals surface area contributed by atoms with Gasteiger partial charge in [-0.25, -0.2) is 0 Å². The molecule has 0 aromatic carbocycles. The van der Waals surface area contributed by atoms with Crippen molar-refractivity contribution in [3.05, 3.63) is 0 Å². The van der Waals surface area contributed by atoms with Crippen molar-refractivity contribution in [3.8, 4) is 0 Å². The van der Waals surface area contributed by atoms with Gasteiger partial charge < -0.3 is 15.6 Å². The lowest BCUT2D eigenvalue weighted by Gasteiger charge is -2.35. The number of ether oxygens (including phenoxy) is 1. The van der Waals surface area contributed by atoms with Gasteiger partial charge in [-0.3, -0.25) is 0 Å². The van der Waals surface area contributed by atoms with Crippen LogP contribution >= 0.6 is 0 Å². The highest BCUT2D eigenvalue weighted by atomic mass is 16.5. The van der Waals surface area contributed by atoms with Crippen molar-refractivity contribution in [1.82, 2.24) is 0 Å². The van der Waals surface area contributed by atoms with E-state index in [9.17, 15) is 0 Å². The van der Waals surface area contributed by atoms with E-state index in [1.165, 1.54) is 0 Å². The number of hydrogen-bond acceptors (Lipinski definition) is 3. The molecular weight excluding hydrogens is 166 g/mol. The fourth-order valence-electron chi connectivity index (χ4n) is 1.63. The molecule has 0 aliphatic heterocycles. The van der Waals surface area contributed by atoms with Gasteiger partial charge in [-0.2, -0.15) is 0 Å². The normalized spacial score (nSPS) is 17.1. The van der Waals surface area contributed by atoms with Gasteiger partial charge in [-0.1, -0.05) is 6.92 Å². The third-order valence-electron chi connectivity index (χ3n) is 2.61. The third kappa shape index (κ3) is 4.60. The average Bonchev–Trinajstić information content (AvgIpc) is 2.04. The van der Waals surface area contributed by atoms with Gasteiger partial charge in [0.1, 0.15) is 0 Å². The molecule has 0 saturated carbocycles. The van der Waals surface area contributed by atoms with Gasteiger partial charge in [0.15, 0.2) is 0 Å². The molecule has 0 spiro atoms. The van der Waals surface area contributed by atoms with Gasteiger partial charge in [0.2, 0.25) is 0 Å². The summed E-state index contributed by atoms with van der Waals surface area (Å²) in [5, 5.41) is 8.91. The van der Waals surface area contributed by atoms with E-state index in [0.29, 0.717) is 6.54 Å². The lowest BCUT2D eigenvalue weighted by Crippen LogP contribution is -2.37. The number of aliphatic hydroxyl groups is 1. The summed E-state index contributed by atoms with van der Waals surface area (Å²) in [5.41, 5.74) is 5.51. The van der Waals surface area contributed by atoms with Gasteiger partial charge in [0.05, 0.1) is 5.60 Å². The number of hydrogen-bond donors (Lipinski definition) is 2. The van der Waals surface area contributed by atoms with Crippen molar-refractivity contribution in [2.75, 3.05) is 20.3 Å². The second kappa shape index (κ2) is 4.94. The molecule has 0 radical (unpaired) electrons. The van der Waals surface area contributed by atoms with Crippen molar-refractivity contribution in [2.24, 2.45) is 11.1 Å². The maximum Gasteiger partial charge on any atom is 0.0628 e. The lowest BCUT2D eigenvalue weighted by molar-refractivity contribution is -0.0196. The highest BCUT2D eigenvalue weighted by Crippen LogP contribution is 2.32. The van der Waals surface area contributed by atoms with E-state index in [1.807, 2.05) is 13.8 Å². The molecule has 0 aliphatic rings. The number of nitrogens with two attached hydrogens (primary N) is 1. The molecule has 1 atom stereocenters. The van der Waals surface area contributed by atoms with Gasteiger partial charge in [0, 0.05) is 13.7 Å². The number of rotatable bonds is 6. The van der Waals surface area contributed by atoms with Crippen LogP contribution in [0.15, 0.2) is 0 Å². The predicted octanol–water partition coefficient (Wildman–Crippen LogP) is 1.15. The second-order valence-corrected chi connectivity index (χ2v) is 4.63. The molecular formula is C10H23NO2. The lowest BCUT2D eigenvalue weighted by atomic mass is 9.77. The van der Waals surface area contributed by atoms with Gasteiger partial charge in [-0.15, -0.1) is 0 Å². The summed E-state index contributed by atoms with van der Waals surface area (Å²) in [6.45, 7) is 6.94. The van der Waals surface area contributed by atoms with Crippen LogP contribution in [0.5, 0.6) is 0 Å². The zero-order chi connectivity index (χ0) is 10.5. The van der Waals surface area contributed by atoms with E-state index in [1.54, 1.807) is 7.11 Å². The van der Waals surface area contributed by atoms with E-state index in [0.717, 1.165) is 12.8 Å². The maximum absolute atomic E-state index is 8.91. The zero-order valence-corrected chi connectivity index (χ0v) is 9.26. The molecule has 1 unspecified atom stereocenters. The van der Waals surface area contributed by atoms with E-state index >= 15 is 0 Å². The Kier molecular flexibility index (Phi) is 4.89. The molecule has 0 amide bonds. The Hall–Kier alpha value is -0.120. The molecule has 0 rings (SSSR count). The van der Waals surface area contributed by atoms with Crippen LogP contribution in [0.25, 0.3) is 0 Å². The Morgan fingerprint density at radius 2 is 1.85 bits per heavy atom. The van der Waals surface area contributed by atoms with Crippen molar-refractivity contribution >= 4 is 0 Å². The SMILES string of the molecule is COC(C)(C)CC(C)(CN)CCO. The molecule has 0 fully saturated rings. The monoisotopic (exact) mass is 189 g/mol. The molecule has 3 heteroatoms. The van der Waals surface area contributed by atoms with Crippen molar-refractivity contribution in [2.45, 2.75) is 39.2 Å². The van der Waals surface area contributed by atoms with Crippen LogP contribution in [0.2, 0.25) is 0 Å². The van der Waals surface area contributed by atoms with Crippen LogP contribution in [0.3, 0.4) is 0 Å². The Morgan fingerprint density at radius 1 is 1.31 bits per heavy atom. The first-order valence-corrected chi connectivity index (χ1v) is 4.75. The summed E-state index contributed by atoms with van der Waals surface area (Å²) in [4.78, 5) is 0. The summed E-state index contributed by atoms with van der Waals surface area (Å²) >= 11 is 0. The molecule has 13 heavy (non-hydrogen) atoms. The first-order chi connectivity index (χ1) is 5.89. The van der Waals surface area contributed by atoms with Crippen molar-refractivity contribution in [3.63, 3.8) is 0 Å². The summed E-state index contributed by atoms with van der Waals surface area (Å²) < 4.78 is 5.34. The average molecular weight is 189 g/mol. The zero-order valence-electron chi connectivity index (χ0n) is 9.26. The van der Waals surface area contributed by atoms with Gasteiger partial charge >= 0.3 is 0 Å². The highest BCUT2D eigenvalue weighted by molar-refractivity contribution is 4.83. The van der Waals surface area contributed by atoms with E-state index in [-0.39, 0.29) is 17.6 Å². The molecule has 3 N–H and O–H groups in total. The molecule has 3 nitrogen and oxygen atoms in total. The Morgan fingerprint density at radius 3 is 2.15 bits per heavy atom. The summed E-state index contributed by atoms with van der Waals surface area (Å²) in [5.74, 6) is 0. The van der Waals surface area contributed by atoms with Crippen LogP contribution in [0, 0.1) is 5.41 Å². The minimum Gasteiger partial charge on any atom is -0.396 e. The standard InChI is InChI=1S/C10H23NO2/c1-9(2,13-4)7-10(3,8-11)5-6-12/h12H,5-8,11H2,1-4H3. The largest absolute Gasteiger partial charge is 0.396 e. The van der Waals surface area contributed by atoms with Crippen LogP contribution < -0.4 is 5.73 Å². The van der Waals surface area contributed by atoms with Crippen LogP contribution in [0.1, 0.15) is 33.6 Å². The Labute approximate surface area is 81.3 Å². The summed E-state index contributed by atoms with van der Waals surface area (Å²) in [6.07, 6.45) is 1.60. The maximum atomic E-state index is 8.91. The first kappa shape index (κ1) is 12.9. The van der Waals surface area contributed by atoms with Crippen LogP contribution in [-0.2, 0) is 4.74 Å².